The van der Waals surface area contributed by atoms with Crippen molar-refractivity contribution in [3.63, 3.8) is 0 Å². The fourth-order valence-corrected chi connectivity index (χ4v) is 5.15. The number of nitrogens with one attached hydrogen (secondary N) is 1. The third-order valence-electron chi connectivity index (χ3n) is 5.35. The van der Waals surface area contributed by atoms with Gasteiger partial charge in [-0.1, -0.05) is 11.6 Å². The van der Waals surface area contributed by atoms with Crippen LogP contribution in [0.15, 0.2) is 46.4 Å². The molecular formula is C22H17ClFN5O4S. The topological polar surface area (TPSA) is 104 Å². The van der Waals surface area contributed by atoms with Gasteiger partial charge >= 0.3 is 5.69 Å². The van der Waals surface area contributed by atoms with Gasteiger partial charge in [0.25, 0.3) is 5.56 Å². The van der Waals surface area contributed by atoms with Gasteiger partial charge < -0.3 is 14.5 Å². The van der Waals surface area contributed by atoms with Crippen LogP contribution in [0.1, 0.15) is 0 Å². The Kier molecular flexibility index (Phi) is 5.68. The molecule has 0 unspecified atom stereocenters. The highest BCUT2D eigenvalue weighted by Gasteiger charge is 2.19. The van der Waals surface area contributed by atoms with Crippen molar-refractivity contribution in [3.05, 3.63) is 68.5 Å². The summed E-state index contributed by atoms with van der Waals surface area (Å²) in [6.45, 7) is 0.832. The van der Waals surface area contributed by atoms with Gasteiger partial charge in [-0.25, -0.2) is 13.8 Å². The second kappa shape index (κ2) is 8.67. The molecule has 0 spiro atoms. The van der Waals surface area contributed by atoms with Crippen LogP contribution in [0.2, 0.25) is 5.02 Å². The number of hydrogen-bond acceptors (Lipinski definition) is 7. The summed E-state index contributed by atoms with van der Waals surface area (Å²) in [6.07, 6.45) is 4.68. The predicted octanol–water partition coefficient (Wildman–Crippen LogP) is 3.60. The van der Waals surface area contributed by atoms with Crippen LogP contribution in [-0.2, 0) is 11.3 Å². The van der Waals surface area contributed by atoms with E-state index in [-0.39, 0.29) is 10.8 Å². The summed E-state index contributed by atoms with van der Waals surface area (Å²) in [6, 6.07) is 4.24. The summed E-state index contributed by atoms with van der Waals surface area (Å²) in [4.78, 5) is 34.0. The number of halogens is 2. The van der Waals surface area contributed by atoms with Gasteiger partial charge in [0.2, 0.25) is 0 Å². The van der Waals surface area contributed by atoms with Gasteiger partial charge in [0.15, 0.2) is 11.6 Å². The molecule has 1 N–H and O–H groups in total. The Balaban J connectivity index is 1.73. The summed E-state index contributed by atoms with van der Waals surface area (Å²) < 4.78 is 27.2. The largest absolute Gasteiger partial charge is 0.494 e. The number of ether oxygens (including phenoxy) is 2. The second-order valence-corrected chi connectivity index (χ2v) is 8.81. The smallest absolute Gasteiger partial charge is 0.333 e. The molecule has 0 aliphatic carbocycles. The maximum Gasteiger partial charge on any atom is 0.333 e. The SMILES string of the molecule is COCCn1ncc2cncc(-n3c(=O)[nH]c4cc(-c5cc(OC)c(F)cc5Cl)sc4c3=O)c21. The Bertz CT molecular complexity index is 1670. The van der Waals surface area contributed by atoms with Crippen LogP contribution in [-0.4, -0.2) is 45.1 Å². The van der Waals surface area contributed by atoms with Crippen molar-refractivity contribution in [3.8, 4) is 21.9 Å². The molecule has 1 aromatic carbocycles. The van der Waals surface area contributed by atoms with E-state index in [4.69, 9.17) is 21.1 Å². The zero-order valence-electron chi connectivity index (χ0n) is 18.0. The quantitative estimate of drug-likeness (QED) is 0.381. The molecule has 174 valence electrons. The molecule has 0 fully saturated rings. The standard InChI is InChI=1S/C22H17ClFN5O4S/c1-32-4-3-28-19-11(9-26-28)8-25-10-16(19)29-21(30)20-15(27-22(29)31)7-18(34-20)12-5-17(33-2)14(24)6-13(12)23/h5-10H,3-4H2,1-2H3,(H,27,31). The van der Waals surface area contributed by atoms with E-state index in [0.717, 1.165) is 22.0 Å². The van der Waals surface area contributed by atoms with Gasteiger partial charge in [-0.2, -0.15) is 5.10 Å². The van der Waals surface area contributed by atoms with E-state index in [2.05, 4.69) is 15.1 Å². The number of nitrogens with zero attached hydrogens (tertiary/aromatic N) is 4. The van der Waals surface area contributed by atoms with Gasteiger partial charge in [0, 0.05) is 29.1 Å². The van der Waals surface area contributed by atoms with Gasteiger partial charge in [0.05, 0.1) is 54.4 Å². The van der Waals surface area contributed by atoms with Crippen LogP contribution in [0.25, 0.3) is 37.2 Å². The number of methoxy groups -OCH3 is 2. The molecule has 0 amide bonds. The Morgan fingerprint density at radius 3 is 2.76 bits per heavy atom. The highest BCUT2D eigenvalue weighted by atomic mass is 35.5. The summed E-state index contributed by atoms with van der Waals surface area (Å²) in [5.74, 6) is -0.580. The molecule has 5 rings (SSSR count). The zero-order valence-corrected chi connectivity index (χ0v) is 19.5. The number of rotatable bonds is 6. The zero-order chi connectivity index (χ0) is 24.0. The van der Waals surface area contributed by atoms with E-state index in [1.54, 1.807) is 30.3 Å². The number of thiophene rings is 1. The predicted molar refractivity (Wildman–Crippen MR) is 128 cm³/mol. The van der Waals surface area contributed by atoms with E-state index in [0.29, 0.717) is 50.4 Å². The monoisotopic (exact) mass is 501 g/mol. The van der Waals surface area contributed by atoms with E-state index >= 15 is 0 Å². The first-order chi connectivity index (χ1) is 16.4. The molecule has 0 saturated heterocycles. The minimum Gasteiger partial charge on any atom is -0.494 e. The first-order valence-corrected chi connectivity index (χ1v) is 11.2. The summed E-state index contributed by atoms with van der Waals surface area (Å²) in [7, 11) is 2.93. The number of benzene rings is 1. The van der Waals surface area contributed by atoms with Crippen LogP contribution in [0, 0.1) is 5.82 Å². The van der Waals surface area contributed by atoms with E-state index in [1.807, 2.05) is 0 Å². The number of fused-ring (bicyclic) bond motifs is 2. The molecule has 0 saturated carbocycles. The number of pyridine rings is 1. The van der Waals surface area contributed by atoms with Crippen LogP contribution in [0.5, 0.6) is 5.75 Å². The Morgan fingerprint density at radius 1 is 1.18 bits per heavy atom. The molecule has 0 aliphatic heterocycles. The maximum absolute atomic E-state index is 14.0. The van der Waals surface area contributed by atoms with Crippen molar-refractivity contribution in [1.29, 1.82) is 0 Å². The van der Waals surface area contributed by atoms with Crippen molar-refractivity contribution in [1.82, 2.24) is 24.3 Å². The van der Waals surface area contributed by atoms with Crippen molar-refractivity contribution in [2.75, 3.05) is 20.8 Å². The lowest BCUT2D eigenvalue weighted by molar-refractivity contribution is 0.185. The summed E-state index contributed by atoms with van der Waals surface area (Å²) in [5.41, 5.74) is 0.568. The average molecular weight is 502 g/mol. The molecule has 0 aliphatic rings. The molecule has 0 bridgehead atoms. The summed E-state index contributed by atoms with van der Waals surface area (Å²) >= 11 is 7.39. The summed E-state index contributed by atoms with van der Waals surface area (Å²) in [5, 5.41) is 5.17. The highest BCUT2D eigenvalue weighted by molar-refractivity contribution is 7.22. The first-order valence-electron chi connectivity index (χ1n) is 10.0. The number of aromatic nitrogens is 5. The molecule has 4 aromatic heterocycles. The third kappa shape index (κ3) is 3.58. The lowest BCUT2D eigenvalue weighted by Crippen LogP contribution is -2.33. The van der Waals surface area contributed by atoms with E-state index < -0.39 is 17.1 Å². The van der Waals surface area contributed by atoms with Crippen molar-refractivity contribution >= 4 is 44.1 Å². The van der Waals surface area contributed by atoms with Crippen molar-refractivity contribution in [2.45, 2.75) is 6.54 Å². The molecule has 0 atom stereocenters. The van der Waals surface area contributed by atoms with Crippen LogP contribution in [0.4, 0.5) is 4.39 Å². The van der Waals surface area contributed by atoms with Gasteiger partial charge in [-0.05, 0) is 18.2 Å². The second-order valence-electron chi connectivity index (χ2n) is 7.35. The molecule has 5 aromatic rings. The Labute approximate surface area is 200 Å². The van der Waals surface area contributed by atoms with Crippen molar-refractivity contribution in [2.24, 2.45) is 0 Å². The Hall–Kier alpha value is -3.54. The highest BCUT2D eigenvalue weighted by Crippen LogP contribution is 2.38. The van der Waals surface area contributed by atoms with Gasteiger partial charge in [-0.3, -0.25) is 14.5 Å². The Morgan fingerprint density at radius 2 is 2.00 bits per heavy atom. The molecule has 4 heterocycles. The van der Waals surface area contributed by atoms with E-state index in [9.17, 15) is 14.0 Å². The van der Waals surface area contributed by atoms with Gasteiger partial charge in [-0.15, -0.1) is 11.3 Å². The molecule has 34 heavy (non-hydrogen) atoms. The maximum atomic E-state index is 14.0. The van der Waals surface area contributed by atoms with E-state index in [1.165, 1.54) is 19.4 Å². The minimum absolute atomic E-state index is 0.0184. The molecular weight excluding hydrogens is 485 g/mol. The fourth-order valence-electron chi connectivity index (χ4n) is 3.77. The third-order valence-corrected chi connectivity index (χ3v) is 6.82. The molecule has 0 radical (unpaired) electrons. The number of H-pyrrole nitrogens is 1. The first kappa shape index (κ1) is 22.3. The van der Waals surface area contributed by atoms with Crippen molar-refractivity contribution < 1.29 is 13.9 Å². The molecule has 9 nitrogen and oxygen atoms in total. The van der Waals surface area contributed by atoms with Gasteiger partial charge in [0.1, 0.15) is 4.70 Å². The normalized spacial score (nSPS) is 11.5. The number of aromatic amines is 1. The lowest BCUT2D eigenvalue weighted by Gasteiger charge is -2.09. The van der Waals surface area contributed by atoms with Crippen LogP contribution in [0.3, 0.4) is 0 Å². The molecule has 12 heteroatoms. The van der Waals surface area contributed by atoms with Crippen LogP contribution >= 0.6 is 22.9 Å². The number of hydrogen-bond donors (Lipinski definition) is 1. The lowest BCUT2D eigenvalue weighted by atomic mass is 10.1. The minimum atomic E-state index is -0.626. The van der Waals surface area contributed by atoms with Crippen LogP contribution < -0.4 is 16.0 Å². The fraction of sp³-hybridized carbons (Fsp3) is 0.182. The average Bonchev–Trinajstić information content (AvgIpc) is 3.42.